The first-order chi connectivity index (χ1) is 9.53. The van der Waals surface area contributed by atoms with E-state index in [2.05, 4.69) is 42.8 Å². The summed E-state index contributed by atoms with van der Waals surface area (Å²) in [5.74, 6) is 0.364. The monoisotopic (exact) mass is 313 g/mol. The Morgan fingerprint density at radius 3 is 2.80 bits per heavy atom. The summed E-state index contributed by atoms with van der Waals surface area (Å²) in [5, 5.41) is 3.21. The van der Waals surface area contributed by atoms with Gasteiger partial charge >= 0.3 is 0 Å². The normalized spacial score (nSPS) is 22.8. The van der Waals surface area contributed by atoms with E-state index in [1.165, 1.54) is 10.5 Å². The van der Waals surface area contributed by atoms with Crippen molar-refractivity contribution in [1.82, 2.24) is 5.32 Å². The first kappa shape index (κ1) is 15.9. The van der Waals surface area contributed by atoms with Crippen molar-refractivity contribution >= 4 is 21.6 Å². The lowest BCUT2D eigenvalue weighted by molar-refractivity contribution is 0.520. The summed E-state index contributed by atoms with van der Waals surface area (Å²) in [5.41, 5.74) is 1.33. The van der Waals surface area contributed by atoms with Crippen LogP contribution in [-0.4, -0.2) is 38.3 Å². The third-order valence-electron chi connectivity index (χ3n) is 3.88. The summed E-state index contributed by atoms with van der Waals surface area (Å²) >= 11 is 1.76. The van der Waals surface area contributed by atoms with Gasteiger partial charge < -0.3 is 5.32 Å². The van der Waals surface area contributed by atoms with E-state index in [-0.39, 0.29) is 5.25 Å². The molecule has 1 aliphatic rings. The van der Waals surface area contributed by atoms with Gasteiger partial charge in [0.1, 0.15) is 0 Å². The van der Waals surface area contributed by atoms with E-state index in [4.69, 9.17) is 0 Å². The van der Waals surface area contributed by atoms with Gasteiger partial charge in [0.2, 0.25) is 0 Å². The lowest BCUT2D eigenvalue weighted by atomic mass is 10.1. The Labute approximate surface area is 126 Å². The van der Waals surface area contributed by atoms with Crippen molar-refractivity contribution in [2.24, 2.45) is 0 Å². The van der Waals surface area contributed by atoms with Crippen LogP contribution in [0.2, 0.25) is 0 Å². The van der Waals surface area contributed by atoms with Gasteiger partial charge in [-0.15, -0.1) is 11.8 Å². The second-order valence-corrected chi connectivity index (χ2v) is 8.71. The van der Waals surface area contributed by atoms with Crippen LogP contribution in [0.1, 0.15) is 25.3 Å². The highest BCUT2D eigenvalue weighted by atomic mass is 32.2. The molecule has 20 heavy (non-hydrogen) atoms. The average Bonchev–Trinajstić information content (AvgIpc) is 2.76. The average molecular weight is 313 g/mol. The molecule has 2 rings (SSSR count). The highest BCUT2D eigenvalue weighted by Crippen LogP contribution is 2.22. The fraction of sp³-hybridized carbons (Fsp3) is 0.600. The standard InChI is InChI=1S/C15H23NO2S2/c1-12(10-13-6-3-4-8-15(13)19-2)16-11-14-7-5-9-20(14,17)18/h3-4,6,8,12,14,16H,5,7,9-11H2,1-2H3/t12-,14-/m0/s1. The Kier molecular flexibility index (Phi) is 5.52. The Morgan fingerprint density at radius 1 is 1.40 bits per heavy atom. The third-order valence-corrected chi connectivity index (χ3v) is 6.99. The van der Waals surface area contributed by atoms with Crippen LogP contribution in [0, 0.1) is 0 Å². The molecule has 0 radical (unpaired) electrons. The maximum Gasteiger partial charge on any atom is 0.154 e. The predicted molar refractivity (Wildman–Crippen MR) is 86.2 cm³/mol. The molecule has 0 unspecified atom stereocenters. The molecule has 0 saturated carbocycles. The zero-order valence-corrected chi connectivity index (χ0v) is 13.8. The van der Waals surface area contributed by atoms with E-state index in [1.54, 1.807) is 11.8 Å². The molecule has 0 aromatic heterocycles. The Hall–Kier alpha value is -0.520. The highest BCUT2D eigenvalue weighted by molar-refractivity contribution is 7.98. The van der Waals surface area contributed by atoms with Crippen LogP contribution in [0.3, 0.4) is 0 Å². The lowest BCUT2D eigenvalue weighted by Gasteiger charge is -2.18. The summed E-state index contributed by atoms with van der Waals surface area (Å²) in [7, 11) is -2.84. The predicted octanol–water partition coefficient (Wildman–Crippen LogP) is 2.51. The van der Waals surface area contributed by atoms with E-state index in [0.29, 0.717) is 18.3 Å². The van der Waals surface area contributed by atoms with Crippen LogP contribution in [0.4, 0.5) is 0 Å². The molecule has 5 heteroatoms. The second-order valence-electron chi connectivity index (χ2n) is 5.46. The zero-order chi connectivity index (χ0) is 14.6. The fourth-order valence-electron chi connectivity index (χ4n) is 2.69. The molecular weight excluding hydrogens is 290 g/mol. The van der Waals surface area contributed by atoms with Crippen LogP contribution < -0.4 is 5.32 Å². The summed E-state index contributed by atoms with van der Waals surface area (Å²) < 4.78 is 23.6. The Balaban J connectivity index is 1.88. The maximum absolute atomic E-state index is 11.8. The summed E-state index contributed by atoms with van der Waals surface area (Å²) in [4.78, 5) is 1.30. The molecule has 2 atom stereocenters. The van der Waals surface area contributed by atoms with Gasteiger partial charge in [0.15, 0.2) is 9.84 Å². The minimum atomic E-state index is -2.84. The van der Waals surface area contributed by atoms with E-state index < -0.39 is 9.84 Å². The number of benzene rings is 1. The summed E-state index contributed by atoms with van der Waals surface area (Å²) in [6, 6.07) is 8.69. The third kappa shape index (κ3) is 3.99. The molecule has 1 N–H and O–H groups in total. The van der Waals surface area contributed by atoms with Crippen molar-refractivity contribution in [3.8, 4) is 0 Å². The van der Waals surface area contributed by atoms with E-state index >= 15 is 0 Å². The first-order valence-electron chi connectivity index (χ1n) is 7.10. The van der Waals surface area contributed by atoms with Crippen LogP contribution in [0.5, 0.6) is 0 Å². The molecule has 0 amide bonds. The molecule has 1 saturated heterocycles. The molecule has 1 aromatic rings. The van der Waals surface area contributed by atoms with Gasteiger partial charge in [0.05, 0.1) is 11.0 Å². The molecule has 1 aromatic carbocycles. The van der Waals surface area contributed by atoms with Gasteiger partial charge in [-0.05, 0) is 44.1 Å². The number of thioether (sulfide) groups is 1. The number of hydrogen-bond donors (Lipinski definition) is 1. The minimum Gasteiger partial charge on any atom is -0.313 e. The number of nitrogens with one attached hydrogen (secondary N) is 1. The van der Waals surface area contributed by atoms with Crippen molar-refractivity contribution in [2.45, 2.75) is 42.4 Å². The van der Waals surface area contributed by atoms with Gasteiger partial charge in [0.25, 0.3) is 0 Å². The van der Waals surface area contributed by atoms with Crippen LogP contribution in [-0.2, 0) is 16.3 Å². The summed E-state index contributed by atoms with van der Waals surface area (Å²) in [6.07, 6.45) is 4.65. The number of rotatable bonds is 6. The molecular formula is C15H23NO2S2. The van der Waals surface area contributed by atoms with Gasteiger partial charge in [-0.3, -0.25) is 0 Å². The molecule has 0 bridgehead atoms. The molecule has 0 aliphatic carbocycles. The molecule has 3 nitrogen and oxygen atoms in total. The topological polar surface area (TPSA) is 46.2 Å². The maximum atomic E-state index is 11.8. The minimum absolute atomic E-state index is 0.180. The van der Waals surface area contributed by atoms with Crippen molar-refractivity contribution < 1.29 is 8.42 Å². The molecule has 0 spiro atoms. The smallest absolute Gasteiger partial charge is 0.154 e. The van der Waals surface area contributed by atoms with Gasteiger partial charge in [0, 0.05) is 17.5 Å². The quantitative estimate of drug-likeness (QED) is 0.820. The molecule has 112 valence electrons. The van der Waals surface area contributed by atoms with E-state index in [0.717, 1.165) is 19.3 Å². The molecule has 1 fully saturated rings. The largest absolute Gasteiger partial charge is 0.313 e. The van der Waals surface area contributed by atoms with Gasteiger partial charge in [-0.2, -0.15) is 0 Å². The van der Waals surface area contributed by atoms with E-state index in [9.17, 15) is 8.42 Å². The molecule has 1 aliphatic heterocycles. The first-order valence-corrected chi connectivity index (χ1v) is 10.0. The fourth-order valence-corrected chi connectivity index (χ4v) is 5.10. The lowest BCUT2D eigenvalue weighted by Crippen LogP contribution is -2.37. The molecule has 1 heterocycles. The zero-order valence-electron chi connectivity index (χ0n) is 12.1. The summed E-state index contributed by atoms with van der Waals surface area (Å²) in [6.45, 7) is 2.71. The van der Waals surface area contributed by atoms with Crippen molar-refractivity contribution in [2.75, 3.05) is 18.6 Å². The highest BCUT2D eigenvalue weighted by Gasteiger charge is 2.30. The van der Waals surface area contributed by atoms with Crippen molar-refractivity contribution in [1.29, 1.82) is 0 Å². The van der Waals surface area contributed by atoms with Crippen molar-refractivity contribution in [3.05, 3.63) is 29.8 Å². The van der Waals surface area contributed by atoms with Crippen LogP contribution in [0.25, 0.3) is 0 Å². The Bertz CT molecular complexity index is 543. The van der Waals surface area contributed by atoms with Crippen molar-refractivity contribution in [3.63, 3.8) is 0 Å². The SMILES string of the molecule is CSc1ccccc1C[C@H](C)NC[C@@H]1CCCS1(=O)=O. The number of sulfone groups is 1. The van der Waals surface area contributed by atoms with Crippen LogP contribution >= 0.6 is 11.8 Å². The van der Waals surface area contributed by atoms with Crippen LogP contribution in [0.15, 0.2) is 29.2 Å². The van der Waals surface area contributed by atoms with E-state index in [1.807, 2.05) is 0 Å². The van der Waals surface area contributed by atoms with Gasteiger partial charge in [-0.25, -0.2) is 8.42 Å². The van der Waals surface area contributed by atoms with Gasteiger partial charge in [-0.1, -0.05) is 18.2 Å². The number of hydrogen-bond acceptors (Lipinski definition) is 4. The Morgan fingerprint density at radius 2 is 2.15 bits per heavy atom. The second kappa shape index (κ2) is 6.96.